The summed E-state index contributed by atoms with van der Waals surface area (Å²) in [6, 6.07) is 23.6. The van der Waals surface area contributed by atoms with Gasteiger partial charge in [-0.15, -0.1) is 0 Å². The predicted molar refractivity (Wildman–Crippen MR) is 128 cm³/mol. The molecule has 1 atom stereocenters. The van der Waals surface area contributed by atoms with Crippen molar-refractivity contribution >= 4 is 17.6 Å². The Labute approximate surface area is 194 Å². The van der Waals surface area contributed by atoms with E-state index in [2.05, 4.69) is 24.3 Å². The molecule has 166 valence electrons. The highest BCUT2D eigenvalue weighted by Gasteiger charge is 2.17. The molecule has 0 aliphatic rings. The molecule has 1 N–H and O–H groups in total. The number of carbonyl (C=O) groups is 1. The quantitative estimate of drug-likeness (QED) is 0.355. The molecule has 0 heterocycles. The Morgan fingerprint density at radius 3 is 2.03 bits per heavy atom. The largest absolute Gasteiger partial charge is 0.479 e. The SMILES string of the molecule is CC=C(Cc1ccc(-c2ccc(Cl)cc2)cc1)Oc1ccc(CC(OCC)C(=O)O)cc1. The Morgan fingerprint density at radius 1 is 0.938 bits per heavy atom. The molecule has 3 aromatic carbocycles. The van der Waals surface area contributed by atoms with Gasteiger partial charge in [0.25, 0.3) is 0 Å². The summed E-state index contributed by atoms with van der Waals surface area (Å²) in [5.74, 6) is 0.600. The topological polar surface area (TPSA) is 55.8 Å². The van der Waals surface area contributed by atoms with E-state index in [9.17, 15) is 9.90 Å². The lowest BCUT2D eigenvalue weighted by Gasteiger charge is -2.14. The molecule has 0 bridgehead atoms. The highest BCUT2D eigenvalue weighted by molar-refractivity contribution is 6.30. The van der Waals surface area contributed by atoms with Gasteiger partial charge in [0.05, 0.1) is 0 Å². The highest BCUT2D eigenvalue weighted by atomic mass is 35.5. The van der Waals surface area contributed by atoms with E-state index in [0.29, 0.717) is 25.2 Å². The number of halogens is 1. The van der Waals surface area contributed by atoms with Crippen LogP contribution in [0.1, 0.15) is 25.0 Å². The van der Waals surface area contributed by atoms with E-state index in [4.69, 9.17) is 21.1 Å². The maximum absolute atomic E-state index is 11.3. The first-order valence-corrected chi connectivity index (χ1v) is 11.0. The summed E-state index contributed by atoms with van der Waals surface area (Å²) < 4.78 is 11.3. The highest BCUT2D eigenvalue weighted by Crippen LogP contribution is 2.24. The van der Waals surface area contributed by atoms with Crippen molar-refractivity contribution in [1.29, 1.82) is 0 Å². The average Bonchev–Trinajstić information content (AvgIpc) is 2.80. The van der Waals surface area contributed by atoms with Crippen LogP contribution in [0.4, 0.5) is 0 Å². The number of hydrogen-bond acceptors (Lipinski definition) is 3. The fraction of sp³-hybridized carbons (Fsp3) is 0.222. The summed E-state index contributed by atoms with van der Waals surface area (Å²) in [6.07, 6.45) is 2.11. The second-order valence-electron chi connectivity index (χ2n) is 7.37. The van der Waals surface area contributed by atoms with Crippen LogP contribution in [0.2, 0.25) is 5.02 Å². The minimum absolute atomic E-state index is 0.319. The van der Waals surface area contributed by atoms with Gasteiger partial charge in [0, 0.05) is 24.5 Å². The molecule has 0 radical (unpaired) electrons. The summed E-state index contributed by atoms with van der Waals surface area (Å²) in [7, 11) is 0. The van der Waals surface area contributed by atoms with Crippen molar-refractivity contribution < 1.29 is 19.4 Å². The zero-order valence-electron chi connectivity index (χ0n) is 18.3. The van der Waals surface area contributed by atoms with E-state index in [0.717, 1.165) is 33.0 Å². The van der Waals surface area contributed by atoms with Gasteiger partial charge in [0.15, 0.2) is 6.10 Å². The van der Waals surface area contributed by atoms with Crippen LogP contribution in [0.5, 0.6) is 5.75 Å². The smallest absolute Gasteiger partial charge is 0.333 e. The molecule has 3 rings (SSSR count). The minimum Gasteiger partial charge on any atom is -0.479 e. The summed E-state index contributed by atoms with van der Waals surface area (Å²) >= 11 is 5.97. The van der Waals surface area contributed by atoms with Crippen molar-refractivity contribution in [2.75, 3.05) is 6.61 Å². The Bertz CT molecular complexity index is 1040. The Hall–Kier alpha value is -3.08. The molecule has 0 saturated carbocycles. The van der Waals surface area contributed by atoms with Crippen LogP contribution in [-0.2, 0) is 22.4 Å². The number of aliphatic carboxylic acids is 1. The zero-order chi connectivity index (χ0) is 22.9. The van der Waals surface area contributed by atoms with E-state index < -0.39 is 12.1 Å². The van der Waals surface area contributed by atoms with Gasteiger partial charge in [0.2, 0.25) is 0 Å². The molecule has 0 spiro atoms. The van der Waals surface area contributed by atoms with Crippen molar-refractivity contribution in [1.82, 2.24) is 0 Å². The molecule has 32 heavy (non-hydrogen) atoms. The van der Waals surface area contributed by atoms with Crippen molar-refractivity contribution in [3.8, 4) is 16.9 Å². The molecular formula is C27H27ClO4. The van der Waals surface area contributed by atoms with Crippen LogP contribution in [0.3, 0.4) is 0 Å². The number of carboxylic acids is 1. The van der Waals surface area contributed by atoms with Gasteiger partial charge in [-0.05, 0) is 66.4 Å². The van der Waals surface area contributed by atoms with Crippen molar-refractivity contribution in [2.45, 2.75) is 32.8 Å². The lowest BCUT2D eigenvalue weighted by molar-refractivity contribution is -0.149. The van der Waals surface area contributed by atoms with E-state index in [1.54, 1.807) is 6.92 Å². The van der Waals surface area contributed by atoms with Crippen LogP contribution in [-0.4, -0.2) is 23.8 Å². The average molecular weight is 451 g/mol. The van der Waals surface area contributed by atoms with Gasteiger partial charge < -0.3 is 14.6 Å². The molecule has 0 saturated heterocycles. The first-order valence-electron chi connectivity index (χ1n) is 10.6. The van der Waals surface area contributed by atoms with E-state index in [1.807, 2.05) is 61.5 Å². The Balaban J connectivity index is 1.60. The van der Waals surface area contributed by atoms with Crippen LogP contribution in [0, 0.1) is 0 Å². The first kappa shape index (κ1) is 23.6. The van der Waals surface area contributed by atoms with Gasteiger partial charge in [-0.2, -0.15) is 0 Å². The number of rotatable bonds is 10. The van der Waals surface area contributed by atoms with Crippen LogP contribution in [0.25, 0.3) is 11.1 Å². The molecule has 0 aliphatic heterocycles. The summed E-state index contributed by atoms with van der Waals surface area (Å²) in [4.78, 5) is 11.3. The number of allylic oxidation sites excluding steroid dienone is 2. The fourth-order valence-corrected chi connectivity index (χ4v) is 3.46. The molecule has 1 unspecified atom stereocenters. The predicted octanol–water partition coefficient (Wildman–Crippen LogP) is 6.56. The number of hydrogen-bond donors (Lipinski definition) is 1. The van der Waals surface area contributed by atoms with Crippen LogP contribution < -0.4 is 4.74 Å². The van der Waals surface area contributed by atoms with E-state index in [1.165, 1.54) is 0 Å². The Morgan fingerprint density at radius 2 is 1.50 bits per heavy atom. The van der Waals surface area contributed by atoms with Gasteiger partial charge in [-0.1, -0.05) is 60.1 Å². The van der Waals surface area contributed by atoms with Crippen molar-refractivity contribution in [3.63, 3.8) is 0 Å². The third kappa shape index (κ3) is 6.71. The number of benzene rings is 3. The zero-order valence-corrected chi connectivity index (χ0v) is 19.0. The van der Waals surface area contributed by atoms with Gasteiger partial charge >= 0.3 is 5.97 Å². The van der Waals surface area contributed by atoms with Crippen LogP contribution in [0.15, 0.2) is 84.6 Å². The first-order chi connectivity index (χ1) is 15.5. The summed E-state index contributed by atoms with van der Waals surface area (Å²) in [6.45, 7) is 4.10. The third-order valence-electron chi connectivity index (χ3n) is 5.07. The van der Waals surface area contributed by atoms with Crippen molar-refractivity contribution in [2.24, 2.45) is 0 Å². The van der Waals surface area contributed by atoms with Gasteiger partial charge in [0.1, 0.15) is 11.5 Å². The minimum atomic E-state index is -0.953. The summed E-state index contributed by atoms with van der Waals surface area (Å²) in [5, 5.41) is 9.97. The molecule has 0 amide bonds. The van der Waals surface area contributed by atoms with Gasteiger partial charge in [-0.25, -0.2) is 4.79 Å². The molecule has 0 fully saturated rings. The molecule has 4 nitrogen and oxygen atoms in total. The second-order valence-corrected chi connectivity index (χ2v) is 7.80. The molecular weight excluding hydrogens is 424 g/mol. The standard InChI is InChI=1S/C27H27ClO4/c1-3-24(17-19-5-9-21(10-6-19)22-11-13-23(28)14-12-22)32-25-15-7-20(8-16-25)18-26(27(29)30)31-4-2/h3,5-16,26H,4,17-18H2,1-2H3,(H,29,30). The molecule has 5 heteroatoms. The molecule has 0 aliphatic carbocycles. The van der Waals surface area contributed by atoms with E-state index >= 15 is 0 Å². The van der Waals surface area contributed by atoms with E-state index in [-0.39, 0.29) is 0 Å². The lowest BCUT2D eigenvalue weighted by atomic mass is 10.0. The monoisotopic (exact) mass is 450 g/mol. The maximum Gasteiger partial charge on any atom is 0.333 e. The lowest BCUT2D eigenvalue weighted by Crippen LogP contribution is -2.26. The fourth-order valence-electron chi connectivity index (χ4n) is 3.33. The van der Waals surface area contributed by atoms with Crippen LogP contribution >= 0.6 is 11.6 Å². The van der Waals surface area contributed by atoms with Gasteiger partial charge in [-0.3, -0.25) is 0 Å². The number of carboxylic acid groups (broad SMARTS) is 1. The third-order valence-corrected chi connectivity index (χ3v) is 5.32. The summed E-state index contributed by atoms with van der Waals surface area (Å²) in [5.41, 5.74) is 4.29. The molecule has 0 aromatic heterocycles. The normalized spacial score (nSPS) is 12.4. The number of ether oxygens (including phenoxy) is 2. The molecule has 3 aromatic rings. The maximum atomic E-state index is 11.3. The second kappa shape index (κ2) is 11.5. The Kier molecular flexibility index (Phi) is 8.48. The van der Waals surface area contributed by atoms with Crippen molar-refractivity contribution in [3.05, 3.63) is 101 Å².